The van der Waals surface area contributed by atoms with Crippen LogP contribution in [-0.4, -0.2) is 28.5 Å². The zero-order valence-corrected chi connectivity index (χ0v) is 13.5. The molecule has 1 aromatic heterocycles. The maximum atomic E-state index is 4.29. The molecule has 0 unspecified atom stereocenters. The van der Waals surface area contributed by atoms with Gasteiger partial charge in [-0.1, -0.05) is 44.2 Å². The number of aromatic amines is 1. The van der Waals surface area contributed by atoms with Crippen LogP contribution in [0.2, 0.25) is 0 Å². The van der Waals surface area contributed by atoms with Crippen LogP contribution >= 0.6 is 0 Å². The van der Waals surface area contributed by atoms with Crippen LogP contribution in [0.1, 0.15) is 37.4 Å². The smallest absolute Gasteiger partial charge is 0.103 e. The van der Waals surface area contributed by atoms with Crippen LogP contribution in [0.15, 0.2) is 36.5 Å². The Hall–Kier alpha value is -1.61. The number of hydrogen-bond acceptors (Lipinski definition) is 2. The quantitative estimate of drug-likeness (QED) is 0.910. The van der Waals surface area contributed by atoms with Gasteiger partial charge in [-0.05, 0) is 31.4 Å². The minimum absolute atomic E-state index is 0.290. The first-order chi connectivity index (χ1) is 9.93. The van der Waals surface area contributed by atoms with Crippen LogP contribution < -0.4 is 0 Å². The minimum atomic E-state index is 0.290. The first kappa shape index (κ1) is 14.3. The van der Waals surface area contributed by atoms with Gasteiger partial charge in [-0.2, -0.15) is 0 Å². The highest BCUT2D eigenvalue weighted by molar-refractivity contribution is 5.37. The minimum Gasteiger partial charge on any atom is -0.345 e. The lowest BCUT2D eigenvalue weighted by atomic mass is 9.87. The molecular formula is C18H25N3. The van der Waals surface area contributed by atoms with Gasteiger partial charge in [0, 0.05) is 30.4 Å². The Balaban J connectivity index is 1.75. The van der Waals surface area contributed by atoms with Crippen molar-refractivity contribution in [1.29, 1.82) is 0 Å². The van der Waals surface area contributed by atoms with E-state index < -0.39 is 0 Å². The number of imidazole rings is 1. The zero-order chi connectivity index (χ0) is 15.1. The third kappa shape index (κ3) is 2.62. The van der Waals surface area contributed by atoms with Crippen LogP contribution in [0, 0.1) is 12.3 Å². The molecule has 2 aromatic rings. The predicted molar refractivity (Wildman–Crippen MR) is 86.2 cm³/mol. The van der Waals surface area contributed by atoms with Crippen molar-refractivity contribution >= 4 is 0 Å². The topological polar surface area (TPSA) is 31.9 Å². The first-order valence-electron chi connectivity index (χ1n) is 7.68. The van der Waals surface area contributed by atoms with Gasteiger partial charge in [-0.15, -0.1) is 0 Å². The summed E-state index contributed by atoms with van der Waals surface area (Å²) in [5.41, 5.74) is 3.34. The average molecular weight is 283 g/mol. The Kier molecular flexibility index (Phi) is 3.40. The molecule has 1 aromatic carbocycles. The summed E-state index contributed by atoms with van der Waals surface area (Å²) >= 11 is 0. The SMILES string of the molecule is Cc1ncc(CN(C)C[C@@]2(c3ccccc3)CC2(C)C)[nH]1. The number of nitrogens with one attached hydrogen (secondary N) is 1. The van der Waals surface area contributed by atoms with Gasteiger partial charge in [-0.3, -0.25) is 4.90 Å². The Morgan fingerprint density at radius 1 is 1.24 bits per heavy atom. The molecule has 21 heavy (non-hydrogen) atoms. The molecule has 3 nitrogen and oxygen atoms in total. The highest BCUT2D eigenvalue weighted by Crippen LogP contribution is 2.64. The largest absolute Gasteiger partial charge is 0.345 e. The van der Waals surface area contributed by atoms with Gasteiger partial charge in [0.1, 0.15) is 5.82 Å². The summed E-state index contributed by atoms with van der Waals surface area (Å²) < 4.78 is 0. The third-order valence-corrected chi connectivity index (χ3v) is 4.98. The molecule has 0 amide bonds. The van der Waals surface area contributed by atoms with E-state index in [1.54, 1.807) is 0 Å². The molecule has 1 aliphatic carbocycles. The normalized spacial score (nSPS) is 23.5. The standard InChI is InChI=1S/C18H25N3/c1-14-19-10-16(20-14)11-21(4)13-18(12-17(18,2)3)15-8-6-5-7-9-15/h5-10H,11-13H2,1-4H3,(H,19,20)/t18-/m1/s1. The molecule has 1 atom stereocenters. The summed E-state index contributed by atoms with van der Waals surface area (Å²) in [4.78, 5) is 10.0. The summed E-state index contributed by atoms with van der Waals surface area (Å²) in [6.45, 7) is 8.77. The number of H-pyrrole nitrogens is 1. The Bertz CT molecular complexity index is 614. The van der Waals surface area contributed by atoms with Crippen molar-refractivity contribution in [3.05, 3.63) is 53.6 Å². The fourth-order valence-electron chi connectivity index (χ4n) is 3.68. The van der Waals surface area contributed by atoms with Crippen molar-refractivity contribution < 1.29 is 0 Å². The number of nitrogens with zero attached hydrogens (tertiary/aromatic N) is 2. The summed E-state index contributed by atoms with van der Waals surface area (Å²) in [5, 5.41) is 0. The molecule has 3 heteroatoms. The molecule has 3 rings (SSSR count). The van der Waals surface area contributed by atoms with Gasteiger partial charge in [-0.25, -0.2) is 4.98 Å². The van der Waals surface area contributed by atoms with Crippen molar-refractivity contribution in [2.24, 2.45) is 5.41 Å². The van der Waals surface area contributed by atoms with Crippen molar-refractivity contribution in [3.63, 3.8) is 0 Å². The van der Waals surface area contributed by atoms with Gasteiger partial charge in [0.15, 0.2) is 0 Å². The second kappa shape index (κ2) is 4.99. The van der Waals surface area contributed by atoms with Gasteiger partial charge >= 0.3 is 0 Å². The van der Waals surface area contributed by atoms with Crippen LogP contribution in [0.25, 0.3) is 0 Å². The molecule has 0 spiro atoms. The van der Waals surface area contributed by atoms with E-state index in [0.29, 0.717) is 5.41 Å². The van der Waals surface area contributed by atoms with Crippen LogP contribution in [0.4, 0.5) is 0 Å². The summed E-state index contributed by atoms with van der Waals surface area (Å²) in [6.07, 6.45) is 3.20. The molecule has 1 N–H and O–H groups in total. The molecule has 112 valence electrons. The van der Waals surface area contributed by atoms with E-state index in [9.17, 15) is 0 Å². The number of likely N-dealkylation sites (N-methyl/N-ethyl adjacent to an activating group) is 1. The molecule has 0 aliphatic heterocycles. The average Bonchev–Trinajstić information content (AvgIpc) is 2.77. The Morgan fingerprint density at radius 2 is 1.90 bits per heavy atom. The lowest BCUT2D eigenvalue weighted by Gasteiger charge is -2.27. The molecule has 1 heterocycles. The maximum Gasteiger partial charge on any atom is 0.103 e. The summed E-state index contributed by atoms with van der Waals surface area (Å²) in [6, 6.07) is 11.0. The molecule has 1 fully saturated rings. The Labute approximate surface area is 127 Å². The molecule has 0 saturated heterocycles. The lowest BCUT2D eigenvalue weighted by Crippen LogP contribution is -2.32. The predicted octanol–water partition coefficient (Wildman–Crippen LogP) is 3.52. The van der Waals surface area contributed by atoms with Gasteiger partial charge in [0.2, 0.25) is 0 Å². The fraction of sp³-hybridized carbons (Fsp3) is 0.500. The van der Waals surface area contributed by atoms with E-state index in [-0.39, 0.29) is 5.41 Å². The molecule has 1 saturated carbocycles. The van der Waals surface area contributed by atoms with Crippen LogP contribution in [0.3, 0.4) is 0 Å². The van der Waals surface area contributed by atoms with Crippen molar-refractivity contribution in [3.8, 4) is 0 Å². The van der Waals surface area contributed by atoms with E-state index in [4.69, 9.17) is 0 Å². The van der Waals surface area contributed by atoms with Crippen molar-refractivity contribution in [2.45, 2.75) is 39.2 Å². The monoisotopic (exact) mass is 283 g/mol. The molecule has 0 bridgehead atoms. The second-order valence-corrected chi connectivity index (χ2v) is 7.17. The van der Waals surface area contributed by atoms with Gasteiger partial charge in [0.25, 0.3) is 0 Å². The number of rotatable bonds is 5. The van der Waals surface area contributed by atoms with E-state index in [2.05, 4.69) is 66.1 Å². The Morgan fingerprint density at radius 3 is 2.43 bits per heavy atom. The second-order valence-electron chi connectivity index (χ2n) is 7.17. The number of benzene rings is 1. The van der Waals surface area contributed by atoms with Crippen LogP contribution in [0.5, 0.6) is 0 Å². The van der Waals surface area contributed by atoms with E-state index in [1.807, 2.05) is 13.1 Å². The van der Waals surface area contributed by atoms with E-state index in [0.717, 1.165) is 18.9 Å². The van der Waals surface area contributed by atoms with E-state index in [1.165, 1.54) is 17.7 Å². The first-order valence-corrected chi connectivity index (χ1v) is 7.68. The molecule has 0 radical (unpaired) electrons. The lowest BCUT2D eigenvalue weighted by molar-refractivity contribution is 0.269. The van der Waals surface area contributed by atoms with Crippen molar-refractivity contribution in [2.75, 3.05) is 13.6 Å². The summed E-state index contributed by atoms with van der Waals surface area (Å²) in [7, 11) is 2.20. The molecular weight excluding hydrogens is 258 g/mol. The molecule has 1 aliphatic rings. The number of hydrogen-bond donors (Lipinski definition) is 1. The maximum absolute atomic E-state index is 4.29. The highest BCUT2D eigenvalue weighted by Gasteiger charge is 2.61. The fourth-order valence-corrected chi connectivity index (χ4v) is 3.68. The number of aromatic nitrogens is 2. The van der Waals surface area contributed by atoms with Gasteiger partial charge in [0.05, 0.1) is 0 Å². The zero-order valence-electron chi connectivity index (χ0n) is 13.5. The van der Waals surface area contributed by atoms with Crippen LogP contribution in [-0.2, 0) is 12.0 Å². The third-order valence-electron chi connectivity index (χ3n) is 4.98. The number of aryl methyl sites for hydroxylation is 1. The summed E-state index contributed by atoms with van der Waals surface area (Å²) in [5.74, 6) is 0.989. The van der Waals surface area contributed by atoms with Crippen molar-refractivity contribution in [1.82, 2.24) is 14.9 Å². The van der Waals surface area contributed by atoms with E-state index >= 15 is 0 Å². The van der Waals surface area contributed by atoms with Gasteiger partial charge < -0.3 is 4.98 Å². The highest BCUT2D eigenvalue weighted by atomic mass is 15.1.